The Morgan fingerprint density at radius 3 is 2.72 bits per heavy atom. The van der Waals surface area contributed by atoms with E-state index < -0.39 is 0 Å². The molecule has 1 saturated heterocycles. The number of hydrogen-bond acceptors (Lipinski definition) is 4. The molecular formula is C14H24N2OS. The summed E-state index contributed by atoms with van der Waals surface area (Å²) in [5, 5.41) is 13.7. The number of ether oxygens (including phenoxy) is 1. The Morgan fingerprint density at radius 1 is 1.44 bits per heavy atom. The maximum absolute atomic E-state index is 9.60. The lowest BCUT2D eigenvalue weighted by Crippen LogP contribution is -2.49. The first-order valence-electron chi connectivity index (χ1n) is 7.11. The molecule has 3 nitrogen and oxygen atoms in total. The molecule has 4 heteroatoms. The van der Waals surface area contributed by atoms with Crippen LogP contribution in [-0.2, 0) is 4.74 Å². The van der Waals surface area contributed by atoms with Gasteiger partial charge in [0.2, 0.25) is 0 Å². The van der Waals surface area contributed by atoms with E-state index in [4.69, 9.17) is 4.74 Å². The van der Waals surface area contributed by atoms with Gasteiger partial charge in [-0.25, -0.2) is 0 Å². The lowest BCUT2D eigenvalue weighted by atomic mass is 9.97. The molecular weight excluding hydrogens is 244 g/mol. The molecule has 1 N–H and O–H groups in total. The largest absolute Gasteiger partial charge is 0.377 e. The Bertz CT molecular complexity index is 313. The monoisotopic (exact) mass is 268 g/mol. The minimum Gasteiger partial charge on any atom is -0.377 e. The van der Waals surface area contributed by atoms with Crippen LogP contribution < -0.4 is 5.32 Å². The molecule has 3 atom stereocenters. The zero-order valence-corrected chi connectivity index (χ0v) is 12.3. The van der Waals surface area contributed by atoms with E-state index in [0.717, 1.165) is 31.7 Å². The van der Waals surface area contributed by atoms with Gasteiger partial charge < -0.3 is 4.74 Å². The number of nitrogens with one attached hydrogen (secondary N) is 1. The van der Waals surface area contributed by atoms with Crippen LogP contribution in [0.3, 0.4) is 0 Å². The van der Waals surface area contributed by atoms with Crippen LogP contribution in [0.5, 0.6) is 0 Å². The van der Waals surface area contributed by atoms with Crippen LogP contribution in [-0.4, -0.2) is 35.8 Å². The molecule has 18 heavy (non-hydrogen) atoms. The van der Waals surface area contributed by atoms with Crippen LogP contribution >= 0.6 is 11.8 Å². The number of thioether (sulfide) groups is 1. The van der Waals surface area contributed by atoms with Gasteiger partial charge >= 0.3 is 0 Å². The Labute approximate surface area is 115 Å². The molecule has 2 fully saturated rings. The molecule has 0 aromatic heterocycles. The maximum Gasteiger partial charge on any atom is 0.118 e. The van der Waals surface area contributed by atoms with Crippen molar-refractivity contribution in [2.24, 2.45) is 5.92 Å². The third kappa shape index (κ3) is 3.20. The first kappa shape index (κ1) is 14.2. The highest BCUT2D eigenvalue weighted by atomic mass is 32.2. The van der Waals surface area contributed by atoms with Crippen LogP contribution in [0.25, 0.3) is 0 Å². The van der Waals surface area contributed by atoms with Gasteiger partial charge in [-0.3, -0.25) is 5.32 Å². The number of hydrogen-bond donors (Lipinski definition) is 1. The van der Waals surface area contributed by atoms with Gasteiger partial charge in [0.15, 0.2) is 0 Å². The van der Waals surface area contributed by atoms with Crippen molar-refractivity contribution >= 4 is 11.8 Å². The second-order valence-electron chi connectivity index (χ2n) is 5.50. The van der Waals surface area contributed by atoms with Gasteiger partial charge in [0, 0.05) is 17.6 Å². The number of rotatable bonds is 7. The topological polar surface area (TPSA) is 45.0 Å². The number of nitriles is 1. The molecule has 2 rings (SSSR count). The van der Waals surface area contributed by atoms with Crippen molar-refractivity contribution in [1.29, 1.82) is 5.26 Å². The van der Waals surface area contributed by atoms with Crippen molar-refractivity contribution in [3.8, 4) is 6.07 Å². The number of nitrogens with zero attached hydrogens (tertiary/aromatic N) is 1. The smallest absolute Gasteiger partial charge is 0.118 e. The Balaban J connectivity index is 1.90. The summed E-state index contributed by atoms with van der Waals surface area (Å²) in [5.74, 6) is 1.48. The third-order valence-corrected chi connectivity index (χ3v) is 5.67. The lowest BCUT2D eigenvalue weighted by Gasteiger charge is -2.29. The fourth-order valence-electron chi connectivity index (χ4n) is 2.57. The molecule has 2 aliphatic rings. The maximum atomic E-state index is 9.60. The van der Waals surface area contributed by atoms with E-state index in [9.17, 15) is 5.26 Å². The van der Waals surface area contributed by atoms with Crippen molar-refractivity contribution in [3.63, 3.8) is 0 Å². The summed E-state index contributed by atoms with van der Waals surface area (Å²) in [6, 6.07) is 2.58. The Hall–Kier alpha value is -0.240. The van der Waals surface area contributed by atoms with Crippen LogP contribution in [0.2, 0.25) is 0 Å². The van der Waals surface area contributed by atoms with Crippen molar-refractivity contribution in [3.05, 3.63) is 0 Å². The van der Waals surface area contributed by atoms with E-state index in [1.165, 1.54) is 12.8 Å². The second-order valence-corrected chi connectivity index (χ2v) is 6.73. The molecule has 0 aromatic rings. The molecule has 0 radical (unpaired) electrons. The van der Waals surface area contributed by atoms with Crippen LogP contribution in [0.15, 0.2) is 0 Å². The Kier molecular flexibility index (Phi) is 4.94. The molecule has 0 spiro atoms. The van der Waals surface area contributed by atoms with Gasteiger partial charge in [-0.15, -0.1) is 0 Å². The summed E-state index contributed by atoms with van der Waals surface area (Å²) in [7, 11) is 0. The molecule has 1 heterocycles. The van der Waals surface area contributed by atoms with Crippen molar-refractivity contribution in [2.45, 2.75) is 56.4 Å². The highest BCUT2D eigenvalue weighted by molar-refractivity contribution is 8.00. The van der Waals surface area contributed by atoms with Gasteiger partial charge in [-0.2, -0.15) is 17.0 Å². The lowest BCUT2D eigenvalue weighted by molar-refractivity contribution is 0.127. The fraction of sp³-hybridized carbons (Fsp3) is 0.929. The van der Waals surface area contributed by atoms with Gasteiger partial charge in [0.05, 0.1) is 12.2 Å². The van der Waals surface area contributed by atoms with Crippen LogP contribution in [0, 0.1) is 17.2 Å². The average molecular weight is 268 g/mol. The molecule has 3 unspecified atom stereocenters. The predicted octanol–water partition coefficient (Wildman–Crippen LogP) is 2.57. The van der Waals surface area contributed by atoms with Crippen LogP contribution in [0.1, 0.15) is 39.5 Å². The summed E-state index contributed by atoms with van der Waals surface area (Å²) in [5.41, 5.74) is -0.289. The van der Waals surface area contributed by atoms with E-state index in [1.807, 2.05) is 11.8 Å². The summed E-state index contributed by atoms with van der Waals surface area (Å²) >= 11 is 1.93. The van der Waals surface area contributed by atoms with Crippen molar-refractivity contribution < 1.29 is 4.74 Å². The third-order valence-electron chi connectivity index (χ3n) is 4.00. The highest BCUT2D eigenvalue weighted by Crippen LogP contribution is 2.42. The predicted molar refractivity (Wildman–Crippen MR) is 75.6 cm³/mol. The van der Waals surface area contributed by atoms with Gasteiger partial charge in [0.1, 0.15) is 5.54 Å². The Morgan fingerprint density at radius 2 is 2.22 bits per heavy atom. The first-order valence-corrected chi connectivity index (χ1v) is 8.16. The SMILES string of the molecule is CCCNC(C#N)(CSC1CCOC1C)C1CC1. The van der Waals surface area contributed by atoms with E-state index in [1.54, 1.807) is 0 Å². The minimum absolute atomic E-state index is 0.289. The molecule has 1 aliphatic heterocycles. The summed E-state index contributed by atoms with van der Waals surface area (Å²) in [6.07, 6.45) is 4.98. The molecule has 1 saturated carbocycles. The zero-order chi connectivity index (χ0) is 13.0. The van der Waals surface area contributed by atoms with Gasteiger partial charge in [-0.1, -0.05) is 6.92 Å². The summed E-state index contributed by atoms with van der Waals surface area (Å²) in [6.45, 7) is 6.13. The molecule has 102 valence electrons. The average Bonchev–Trinajstić information content (AvgIpc) is 3.15. The minimum atomic E-state index is -0.289. The van der Waals surface area contributed by atoms with E-state index in [2.05, 4.69) is 25.2 Å². The van der Waals surface area contributed by atoms with Gasteiger partial charge in [0.25, 0.3) is 0 Å². The summed E-state index contributed by atoms with van der Waals surface area (Å²) in [4.78, 5) is 0. The first-order chi connectivity index (χ1) is 8.72. The van der Waals surface area contributed by atoms with E-state index >= 15 is 0 Å². The van der Waals surface area contributed by atoms with E-state index in [-0.39, 0.29) is 5.54 Å². The summed E-state index contributed by atoms with van der Waals surface area (Å²) < 4.78 is 5.60. The molecule has 1 aliphatic carbocycles. The van der Waals surface area contributed by atoms with Gasteiger partial charge in [-0.05, 0) is 45.1 Å². The van der Waals surface area contributed by atoms with E-state index in [0.29, 0.717) is 17.3 Å². The quantitative estimate of drug-likeness (QED) is 0.771. The molecule has 0 amide bonds. The van der Waals surface area contributed by atoms with Crippen molar-refractivity contribution in [2.75, 3.05) is 18.9 Å². The normalized spacial score (nSPS) is 30.9. The zero-order valence-electron chi connectivity index (χ0n) is 11.4. The highest BCUT2D eigenvalue weighted by Gasteiger charge is 2.46. The molecule has 0 aromatic carbocycles. The second kappa shape index (κ2) is 6.27. The van der Waals surface area contributed by atoms with Crippen molar-refractivity contribution in [1.82, 2.24) is 5.32 Å². The molecule has 0 bridgehead atoms. The standard InChI is InChI=1S/C14H24N2OS/c1-3-7-16-14(9-15,12-4-5-12)10-18-13-6-8-17-11(13)2/h11-13,16H,3-8,10H2,1-2H3. The van der Waals surface area contributed by atoms with Crippen LogP contribution in [0.4, 0.5) is 0 Å². The fourth-order valence-corrected chi connectivity index (χ4v) is 4.06.